The van der Waals surface area contributed by atoms with Crippen LogP contribution >= 0.6 is 34.5 Å². The van der Waals surface area contributed by atoms with E-state index in [-0.39, 0.29) is 42.5 Å². The molecule has 2 aromatic carbocycles. The summed E-state index contributed by atoms with van der Waals surface area (Å²) < 4.78 is 27.3. The zero-order valence-electron chi connectivity index (χ0n) is 23.5. The first-order chi connectivity index (χ1) is 19.9. The molecule has 0 aliphatic carbocycles. The van der Waals surface area contributed by atoms with Gasteiger partial charge in [0.05, 0.1) is 40.5 Å². The Bertz CT molecular complexity index is 1530. The van der Waals surface area contributed by atoms with Gasteiger partial charge in [0.1, 0.15) is 29.3 Å². The Morgan fingerprint density at radius 1 is 1.21 bits per heavy atom. The molecule has 5 rings (SSSR count). The summed E-state index contributed by atoms with van der Waals surface area (Å²) in [5, 5.41) is 18.3. The third-order valence-electron chi connectivity index (χ3n) is 7.66. The highest BCUT2D eigenvalue weighted by atomic mass is 35.5. The van der Waals surface area contributed by atoms with Crippen molar-refractivity contribution in [1.82, 2.24) is 5.32 Å². The number of benzene rings is 2. The average molecular weight is 653 g/mol. The van der Waals surface area contributed by atoms with Gasteiger partial charge in [0.25, 0.3) is 0 Å². The second kappa shape index (κ2) is 12.6. The van der Waals surface area contributed by atoms with E-state index in [1.54, 1.807) is 36.4 Å². The first-order valence-electron chi connectivity index (χ1n) is 13.4. The number of ether oxygens (including phenoxy) is 2. The van der Waals surface area contributed by atoms with Crippen molar-refractivity contribution in [2.24, 2.45) is 5.41 Å². The zero-order chi connectivity index (χ0) is 30.4. The molecule has 1 aromatic heterocycles. The summed E-state index contributed by atoms with van der Waals surface area (Å²) in [4.78, 5) is 29.0. The Balaban J connectivity index is 0.00000423. The van der Waals surface area contributed by atoms with Crippen LogP contribution in [0.3, 0.4) is 0 Å². The van der Waals surface area contributed by atoms with E-state index in [1.807, 2.05) is 20.8 Å². The number of hydrogen-bond donors (Lipinski definition) is 4. The Kier molecular flexibility index (Phi) is 9.68. The largest absolute Gasteiger partial charge is 0.494 e. The summed E-state index contributed by atoms with van der Waals surface area (Å²) in [5.74, 6) is -1.70. The molecule has 1 saturated heterocycles. The van der Waals surface area contributed by atoms with Crippen LogP contribution in [0.4, 0.5) is 15.8 Å². The van der Waals surface area contributed by atoms with Crippen molar-refractivity contribution in [3.05, 3.63) is 68.1 Å². The van der Waals surface area contributed by atoms with Crippen molar-refractivity contribution in [1.29, 1.82) is 0 Å². The highest BCUT2D eigenvalue weighted by Gasteiger charge is 2.67. The van der Waals surface area contributed by atoms with Gasteiger partial charge in [-0.1, -0.05) is 63.5 Å². The standard InChI is InChI=1S/C30H32Cl2FN3O5S.CH4/c1-29(2,3)14-21-30(26-19(35-28(30)39)13-22(32)42-26)23(16-6-5-7-17(31)24(16)33)25(36-21)27(38)34-18-9-8-15(41-11-10-37)12-20(18)40-4;/h5-9,12-13,21,23,25,36-37H,10-11,14H2,1-4H3,(H,34,38)(H,35,39);1H4/t21-,23-,25+,30+;/m0./s1. The predicted octanol–water partition coefficient (Wildman–Crippen LogP) is 6.60. The van der Waals surface area contributed by atoms with E-state index < -0.39 is 35.1 Å². The number of methoxy groups -OCH3 is 1. The number of anilines is 2. The molecule has 8 nitrogen and oxygen atoms in total. The number of aliphatic hydroxyl groups excluding tert-OH is 1. The molecule has 1 spiro atoms. The fourth-order valence-corrected chi connectivity index (χ4v) is 7.74. The van der Waals surface area contributed by atoms with E-state index in [0.717, 1.165) is 0 Å². The molecule has 232 valence electrons. The number of carbonyl (C=O) groups is 2. The van der Waals surface area contributed by atoms with Gasteiger partial charge in [-0.15, -0.1) is 11.3 Å². The maximum absolute atomic E-state index is 15.9. The van der Waals surface area contributed by atoms with Gasteiger partial charge < -0.3 is 30.5 Å². The van der Waals surface area contributed by atoms with Crippen molar-refractivity contribution in [3.63, 3.8) is 0 Å². The molecule has 4 atom stereocenters. The smallest absolute Gasteiger partial charge is 0.242 e. The SMILES string of the molecule is C.COc1cc(OCCO)ccc1NC(=O)[C@@H]1N[C@@H](CC(C)(C)C)[C@@]2(C(=O)Nc3cc(Cl)sc32)[C@H]1c1cccc(Cl)c1F. The monoisotopic (exact) mass is 651 g/mol. The van der Waals surface area contributed by atoms with Crippen molar-refractivity contribution < 1.29 is 28.6 Å². The topological polar surface area (TPSA) is 109 Å². The van der Waals surface area contributed by atoms with Gasteiger partial charge in [-0.25, -0.2) is 4.39 Å². The number of halogens is 3. The van der Waals surface area contributed by atoms with Crippen LogP contribution in [0.25, 0.3) is 0 Å². The molecular weight excluding hydrogens is 616 g/mol. The van der Waals surface area contributed by atoms with Gasteiger partial charge in [0, 0.05) is 22.9 Å². The summed E-state index contributed by atoms with van der Waals surface area (Å²) in [6.45, 7) is 6.08. The normalized spacial score (nSPS) is 22.6. The number of carbonyl (C=O) groups excluding carboxylic acids is 2. The molecular formula is C31H36Cl2FN3O5S. The Morgan fingerprint density at radius 2 is 1.95 bits per heavy atom. The first-order valence-corrected chi connectivity index (χ1v) is 15.0. The minimum Gasteiger partial charge on any atom is -0.494 e. The third kappa shape index (κ3) is 5.95. The molecule has 0 bridgehead atoms. The van der Waals surface area contributed by atoms with Gasteiger partial charge in [-0.3, -0.25) is 9.59 Å². The molecule has 0 radical (unpaired) electrons. The highest BCUT2D eigenvalue weighted by Crippen LogP contribution is 2.59. The number of hydrogen-bond acceptors (Lipinski definition) is 7. The van der Waals surface area contributed by atoms with Crippen molar-refractivity contribution in [2.45, 2.75) is 58.0 Å². The molecule has 43 heavy (non-hydrogen) atoms. The van der Waals surface area contributed by atoms with Crippen LogP contribution < -0.4 is 25.4 Å². The van der Waals surface area contributed by atoms with Crippen LogP contribution in [0.1, 0.15) is 51.0 Å². The van der Waals surface area contributed by atoms with Crippen LogP contribution in [0.5, 0.6) is 11.5 Å². The van der Waals surface area contributed by atoms with Gasteiger partial charge in [0.2, 0.25) is 11.8 Å². The lowest BCUT2D eigenvalue weighted by atomic mass is 9.65. The molecule has 2 amide bonds. The molecule has 2 aliphatic heterocycles. The fourth-order valence-electron chi connectivity index (χ4n) is 6.10. The van der Waals surface area contributed by atoms with E-state index in [9.17, 15) is 9.59 Å². The second-order valence-electron chi connectivity index (χ2n) is 11.6. The van der Waals surface area contributed by atoms with Crippen LogP contribution in [0, 0.1) is 11.2 Å². The summed E-state index contributed by atoms with van der Waals surface area (Å²) in [6.07, 6.45) is 0.498. The van der Waals surface area contributed by atoms with E-state index >= 15 is 4.39 Å². The molecule has 1 fully saturated rings. The summed E-state index contributed by atoms with van der Waals surface area (Å²) in [6, 6.07) is 9.56. The molecule has 0 unspecified atom stereocenters. The third-order valence-corrected chi connectivity index (χ3v) is 9.37. The lowest BCUT2D eigenvalue weighted by Crippen LogP contribution is -2.49. The van der Waals surface area contributed by atoms with Gasteiger partial charge in [-0.05, 0) is 41.7 Å². The van der Waals surface area contributed by atoms with Crippen molar-refractivity contribution in [2.75, 3.05) is 31.0 Å². The van der Waals surface area contributed by atoms with Crippen LogP contribution in [-0.4, -0.2) is 49.3 Å². The number of thiophene rings is 1. The van der Waals surface area contributed by atoms with Crippen LogP contribution in [0.15, 0.2) is 42.5 Å². The molecule has 4 N–H and O–H groups in total. The fraction of sp³-hybridized carbons (Fsp3) is 0.419. The summed E-state index contributed by atoms with van der Waals surface area (Å²) in [7, 11) is 1.46. The van der Waals surface area contributed by atoms with E-state index in [0.29, 0.717) is 38.5 Å². The lowest BCUT2D eigenvalue weighted by Gasteiger charge is -2.37. The van der Waals surface area contributed by atoms with Gasteiger partial charge in [0.15, 0.2) is 0 Å². The minimum atomic E-state index is -1.35. The van der Waals surface area contributed by atoms with Gasteiger partial charge >= 0.3 is 0 Å². The van der Waals surface area contributed by atoms with Crippen molar-refractivity contribution >= 4 is 57.7 Å². The quantitative estimate of drug-likeness (QED) is 0.219. The average Bonchev–Trinajstić information content (AvgIpc) is 3.54. The molecule has 3 heterocycles. The molecule has 0 saturated carbocycles. The summed E-state index contributed by atoms with van der Waals surface area (Å²) >= 11 is 13.9. The highest BCUT2D eigenvalue weighted by molar-refractivity contribution is 7.17. The number of nitrogens with one attached hydrogen (secondary N) is 3. The van der Waals surface area contributed by atoms with Crippen molar-refractivity contribution in [3.8, 4) is 11.5 Å². The first kappa shape index (κ1) is 33.0. The number of fused-ring (bicyclic) bond motifs is 2. The Hall–Kier alpha value is -2.89. The minimum absolute atomic E-state index is 0. The molecule has 3 aromatic rings. The van der Waals surface area contributed by atoms with E-state index in [2.05, 4.69) is 16.0 Å². The van der Waals surface area contributed by atoms with Crippen LogP contribution in [0.2, 0.25) is 9.36 Å². The summed E-state index contributed by atoms with van der Waals surface area (Å²) in [5.41, 5.74) is -0.538. The number of rotatable bonds is 8. The van der Waals surface area contributed by atoms with Gasteiger partial charge in [-0.2, -0.15) is 0 Å². The maximum Gasteiger partial charge on any atom is 0.242 e. The zero-order valence-corrected chi connectivity index (χ0v) is 25.8. The van der Waals surface area contributed by atoms with E-state index in [4.69, 9.17) is 37.8 Å². The second-order valence-corrected chi connectivity index (χ2v) is 13.7. The Morgan fingerprint density at radius 3 is 2.63 bits per heavy atom. The number of amides is 2. The molecule has 12 heteroatoms. The maximum atomic E-state index is 15.9. The lowest BCUT2D eigenvalue weighted by molar-refractivity contribution is -0.122. The molecule has 2 aliphatic rings. The Labute approximate surface area is 264 Å². The number of aliphatic hydroxyl groups is 1. The van der Waals surface area contributed by atoms with Crippen LogP contribution in [-0.2, 0) is 15.0 Å². The predicted molar refractivity (Wildman–Crippen MR) is 170 cm³/mol. The van der Waals surface area contributed by atoms with E-state index in [1.165, 1.54) is 24.5 Å².